The highest BCUT2D eigenvalue weighted by molar-refractivity contribution is 9.10. The molecular weight excluding hydrogens is 308 g/mol. The molecule has 3 rings (SSSR count). The second-order valence-corrected chi connectivity index (χ2v) is 5.91. The standard InChI is InChI=1S/C14H11BrN2S/c15-12-3-1-11-6-13(4-2-10(11)5-12)17-8-14-7-16-9-18-14/h1-7,9,17H,8H2. The topological polar surface area (TPSA) is 24.9 Å². The van der Waals surface area contributed by atoms with E-state index in [0.717, 1.165) is 16.7 Å². The van der Waals surface area contributed by atoms with Gasteiger partial charge in [0.1, 0.15) is 0 Å². The molecule has 1 heterocycles. The third-order valence-corrected chi connectivity index (χ3v) is 4.03. The van der Waals surface area contributed by atoms with Gasteiger partial charge in [-0.25, -0.2) is 0 Å². The zero-order valence-corrected chi connectivity index (χ0v) is 12.0. The summed E-state index contributed by atoms with van der Waals surface area (Å²) >= 11 is 5.15. The Morgan fingerprint density at radius 1 is 1.11 bits per heavy atom. The Hall–Kier alpha value is -1.39. The summed E-state index contributed by atoms with van der Waals surface area (Å²) < 4.78 is 1.11. The Morgan fingerprint density at radius 3 is 2.78 bits per heavy atom. The fraction of sp³-hybridized carbons (Fsp3) is 0.0714. The Morgan fingerprint density at radius 2 is 1.94 bits per heavy atom. The van der Waals surface area contributed by atoms with E-state index in [-0.39, 0.29) is 0 Å². The molecule has 0 fully saturated rings. The van der Waals surface area contributed by atoms with Crippen LogP contribution in [0.3, 0.4) is 0 Å². The van der Waals surface area contributed by atoms with Crippen LogP contribution in [0, 0.1) is 0 Å². The minimum absolute atomic E-state index is 0.826. The molecular formula is C14H11BrN2S. The van der Waals surface area contributed by atoms with Crippen molar-refractivity contribution in [3.05, 3.63) is 57.5 Å². The number of aromatic nitrogens is 1. The van der Waals surface area contributed by atoms with Crippen LogP contribution in [0.2, 0.25) is 0 Å². The van der Waals surface area contributed by atoms with E-state index in [1.54, 1.807) is 11.3 Å². The second-order valence-electron chi connectivity index (χ2n) is 4.03. The number of hydrogen-bond acceptors (Lipinski definition) is 3. The monoisotopic (exact) mass is 318 g/mol. The van der Waals surface area contributed by atoms with Crippen molar-refractivity contribution < 1.29 is 0 Å². The van der Waals surface area contributed by atoms with Crippen LogP contribution in [0.1, 0.15) is 4.88 Å². The van der Waals surface area contributed by atoms with Gasteiger partial charge in [0.25, 0.3) is 0 Å². The lowest BCUT2D eigenvalue weighted by atomic mass is 10.1. The number of rotatable bonds is 3. The molecule has 2 nitrogen and oxygen atoms in total. The predicted molar refractivity (Wildman–Crippen MR) is 81.1 cm³/mol. The van der Waals surface area contributed by atoms with Gasteiger partial charge >= 0.3 is 0 Å². The van der Waals surface area contributed by atoms with Gasteiger partial charge in [-0.05, 0) is 35.0 Å². The molecule has 0 amide bonds. The number of anilines is 1. The number of thiazole rings is 1. The number of fused-ring (bicyclic) bond motifs is 1. The lowest BCUT2D eigenvalue weighted by Crippen LogP contribution is -1.96. The summed E-state index contributed by atoms with van der Waals surface area (Å²) in [7, 11) is 0. The van der Waals surface area contributed by atoms with Crippen LogP contribution in [-0.2, 0) is 6.54 Å². The van der Waals surface area contributed by atoms with Crippen molar-refractivity contribution in [2.75, 3.05) is 5.32 Å². The van der Waals surface area contributed by atoms with Gasteiger partial charge in [-0.15, -0.1) is 11.3 Å². The van der Waals surface area contributed by atoms with E-state index in [0.29, 0.717) is 0 Å². The number of benzene rings is 2. The largest absolute Gasteiger partial charge is 0.380 e. The molecule has 3 aromatic rings. The number of hydrogen-bond donors (Lipinski definition) is 1. The molecule has 0 spiro atoms. The van der Waals surface area contributed by atoms with Crippen molar-refractivity contribution >= 4 is 43.7 Å². The van der Waals surface area contributed by atoms with E-state index in [4.69, 9.17) is 0 Å². The first-order valence-corrected chi connectivity index (χ1v) is 7.29. The van der Waals surface area contributed by atoms with Gasteiger partial charge in [0.2, 0.25) is 0 Å². The molecule has 1 aromatic heterocycles. The fourth-order valence-corrected chi connectivity index (χ4v) is 2.76. The quantitative estimate of drug-likeness (QED) is 0.759. The SMILES string of the molecule is Brc1ccc2cc(NCc3cncs3)ccc2c1. The molecule has 0 saturated carbocycles. The van der Waals surface area contributed by atoms with E-state index in [2.05, 4.69) is 62.6 Å². The fourth-order valence-electron chi connectivity index (χ4n) is 1.85. The summed E-state index contributed by atoms with van der Waals surface area (Å²) in [5.74, 6) is 0. The van der Waals surface area contributed by atoms with Gasteiger partial charge in [-0.2, -0.15) is 0 Å². The maximum Gasteiger partial charge on any atom is 0.0794 e. The first-order chi connectivity index (χ1) is 8.81. The molecule has 0 aliphatic heterocycles. The molecule has 0 unspecified atom stereocenters. The van der Waals surface area contributed by atoms with Crippen LogP contribution >= 0.6 is 27.3 Å². The van der Waals surface area contributed by atoms with E-state index >= 15 is 0 Å². The lowest BCUT2D eigenvalue weighted by molar-refractivity contribution is 1.18. The van der Waals surface area contributed by atoms with E-state index < -0.39 is 0 Å². The molecule has 0 bridgehead atoms. The average molecular weight is 319 g/mol. The molecule has 18 heavy (non-hydrogen) atoms. The van der Waals surface area contributed by atoms with Crippen molar-refractivity contribution in [1.29, 1.82) is 0 Å². The number of halogens is 1. The zero-order chi connectivity index (χ0) is 12.4. The Labute approximate surface area is 118 Å². The Balaban J connectivity index is 1.82. The smallest absolute Gasteiger partial charge is 0.0794 e. The van der Waals surface area contributed by atoms with Gasteiger partial charge in [-0.3, -0.25) is 4.98 Å². The summed E-state index contributed by atoms with van der Waals surface area (Å²) in [5, 5.41) is 5.90. The van der Waals surface area contributed by atoms with Crippen LogP contribution < -0.4 is 5.32 Å². The first kappa shape index (κ1) is 11.7. The first-order valence-electron chi connectivity index (χ1n) is 5.62. The molecule has 0 atom stereocenters. The minimum atomic E-state index is 0.826. The van der Waals surface area contributed by atoms with Crippen molar-refractivity contribution in [1.82, 2.24) is 4.98 Å². The van der Waals surface area contributed by atoms with Gasteiger partial charge < -0.3 is 5.32 Å². The van der Waals surface area contributed by atoms with E-state index in [9.17, 15) is 0 Å². The van der Waals surface area contributed by atoms with Gasteiger partial charge in [0, 0.05) is 21.2 Å². The number of nitrogens with one attached hydrogen (secondary N) is 1. The van der Waals surface area contributed by atoms with Crippen LogP contribution in [0.4, 0.5) is 5.69 Å². The third-order valence-electron chi connectivity index (χ3n) is 2.75. The summed E-state index contributed by atoms with van der Waals surface area (Å²) in [6, 6.07) is 12.7. The van der Waals surface area contributed by atoms with E-state index in [1.807, 2.05) is 11.7 Å². The van der Waals surface area contributed by atoms with Gasteiger partial charge in [0.05, 0.1) is 12.1 Å². The highest BCUT2D eigenvalue weighted by Crippen LogP contribution is 2.23. The van der Waals surface area contributed by atoms with Crippen molar-refractivity contribution in [2.24, 2.45) is 0 Å². The zero-order valence-electron chi connectivity index (χ0n) is 9.56. The van der Waals surface area contributed by atoms with Gasteiger partial charge in [0.15, 0.2) is 0 Å². The predicted octanol–water partition coefficient (Wildman–Crippen LogP) is 4.67. The molecule has 0 radical (unpaired) electrons. The Bertz CT molecular complexity index is 665. The summed E-state index contributed by atoms with van der Waals surface area (Å²) in [6.07, 6.45) is 1.90. The van der Waals surface area contributed by atoms with E-state index in [1.165, 1.54) is 15.6 Å². The molecule has 4 heteroatoms. The molecule has 2 aromatic carbocycles. The average Bonchev–Trinajstić information content (AvgIpc) is 2.89. The van der Waals surface area contributed by atoms with Gasteiger partial charge in [-0.1, -0.05) is 28.1 Å². The second kappa shape index (κ2) is 5.08. The normalized spacial score (nSPS) is 10.7. The lowest BCUT2D eigenvalue weighted by Gasteiger charge is -2.06. The summed E-state index contributed by atoms with van der Waals surface area (Å²) in [6.45, 7) is 0.826. The van der Waals surface area contributed by atoms with Crippen LogP contribution in [0.25, 0.3) is 10.8 Å². The maximum absolute atomic E-state index is 4.07. The highest BCUT2D eigenvalue weighted by Gasteiger charge is 1.98. The van der Waals surface area contributed by atoms with Crippen molar-refractivity contribution in [2.45, 2.75) is 6.54 Å². The third kappa shape index (κ3) is 2.54. The Kier molecular flexibility index (Phi) is 3.30. The molecule has 0 aliphatic rings. The molecule has 90 valence electrons. The molecule has 0 saturated heterocycles. The minimum Gasteiger partial charge on any atom is -0.380 e. The van der Waals surface area contributed by atoms with Crippen LogP contribution in [-0.4, -0.2) is 4.98 Å². The van der Waals surface area contributed by atoms with Crippen LogP contribution in [0.15, 0.2) is 52.6 Å². The van der Waals surface area contributed by atoms with Crippen LogP contribution in [0.5, 0.6) is 0 Å². The number of nitrogens with zero attached hydrogens (tertiary/aromatic N) is 1. The molecule has 0 aliphatic carbocycles. The van der Waals surface area contributed by atoms with Crippen molar-refractivity contribution in [3.63, 3.8) is 0 Å². The summed E-state index contributed by atoms with van der Waals surface area (Å²) in [5.41, 5.74) is 2.99. The summed E-state index contributed by atoms with van der Waals surface area (Å²) in [4.78, 5) is 5.31. The maximum atomic E-state index is 4.07. The highest BCUT2D eigenvalue weighted by atomic mass is 79.9. The molecule has 1 N–H and O–H groups in total. The van der Waals surface area contributed by atoms with Crippen molar-refractivity contribution in [3.8, 4) is 0 Å².